The lowest BCUT2D eigenvalue weighted by molar-refractivity contribution is -0.131. The fraction of sp³-hybridized carbons (Fsp3) is 0.263. The number of hydrogen-bond donors (Lipinski definition) is 0. The zero-order valence-electron chi connectivity index (χ0n) is 12.9. The number of halogens is 1. The first-order chi connectivity index (χ1) is 11.1. The number of rotatable bonds is 1. The molecule has 116 valence electrons. The van der Waals surface area contributed by atoms with Crippen LogP contribution in [0.5, 0.6) is 0 Å². The van der Waals surface area contributed by atoms with Gasteiger partial charge in [0.05, 0.1) is 11.8 Å². The molecule has 1 heterocycles. The molecule has 3 nitrogen and oxygen atoms in total. The lowest BCUT2D eigenvalue weighted by Crippen LogP contribution is -2.30. The second-order valence-electron chi connectivity index (χ2n) is 6.15. The Labute approximate surface area is 144 Å². The molecule has 4 rings (SSSR count). The lowest BCUT2D eigenvalue weighted by atomic mass is 9.77. The van der Waals surface area contributed by atoms with Crippen molar-refractivity contribution in [3.05, 3.63) is 69.7 Å². The van der Waals surface area contributed by atoms with Crippen molar-refractivity contribution in [3.63, 3.8) is 0 Å². The van der Waals surface area contributed by atoms with Gasteiger partial charge in [-0.2, -0.15) is 5.10 Å². The molecule has 4 heteroatoms. The number of amides is 1. The molecule has 0 aromatic heterocycles. The SMILES string of the molecule is CC(=O)N1N=C2c3cc(Br)ccc3CC[C@@H]2[C@H]1c1ccccc1. The third kappa shape index (κ3) is 2.41. The van der Waals surface area contributed by atoms with E-state index in [-0.39, 0.29) is 17.9 Å². The zero-order chi connectivity index (χ0) is 16.0. The molecule has 0 spiro atoms. The normalized spacial score (nSPS) is 22.3. The van der Waals surface area contributed by atoms with Crippen LogP contribution >= 0.6 is 15.9 Å². The summed E-state index contributed by atoms with van der Waals surface area (Å²) in [7, 11) is 0. The standard InChI is InChI=1S/C19H17BrN2O/c1-12(23)22-19(14-5-3-2-4-6-14)16-10-8-13-7-9-15(20)11-17(13)18(16)21-22/h2-7,9,11,16,19H,8,10H2,1H3/t16-,19+/m0/s1. The van der Waals surface area contributed by atoms with Gasteiger partial charge in [-0.25, -0.2) is 5.01 Å². The summed E-state index contributed by atoms with van der Waals surface area (Å²) in [4.78, 5) is 12.2. The average Bonchev–Trinajstić information content (AvgIpc) is 2.96. The van der Waals surface area contributed by atoms with Crippen LogP contribution in [0.25, 0.3) is 0 Å². The van der Waals surface area contributed by atoms with Crippen LogP contribution in [0.4, 0.5) is 0 Å². The highest BCUT2D eigenvalue weighted by Gasteiger charge is 2.42. The lowest BCUT2D eigenvalue weighted by Gasteiger charge is -2.29. The predicted molar refractivity (Wildman–Crippen MR) is 94.2 cm³/mol. The van der Waals surface area contributed by atoms with E-state index in [4.69, 9.17) is 5.10 Å². The van der Waals surface area contributed by atoms with Gasteiger partial charge >= 0.3 is 0 Å². The van der Waals surface area contributed by atoms with Crippen molar-refractivity contribution in [2.24, 2.45) is 11.0 Å². The minimum absolute atomic E-state index is 0.00250. The number of aryl methyl sites for hydroxylation is 1. The average molecular weight is 369 g/mol. The van der Waals surface area contributed by atoms with Crippen molar-refractivity contribution in [2.75, 3.05) is 0 Å². The monoisotopic (exact) mass is 368 g/mol. The van der Waals surface area contributed by atoms with Gasteiger partial charge in [-0.15, -0.1) is 0 Å². The molecule has 1 aliphatic heterocycles. The van der Waals surface area contributed by atoms with Crippen molar-refractivity contribution in [2.45, 2.75) is 25.8 Å². The maximum atomic E-state index is 12.2. The molecule has 0 saturated carbocycles. The first kappa shape index (κ1) is 14.6. The highest BCUT2D eigenvalue weighted by atomic mass is 79.9. The molecular weight excluding hydrogens is 352 g/mol. The van der Waals surface area contributed by atoms with Crippen molar-refractivity contribution in [1.82, 2.24) is 5.01 Å². The molecule has 1 amide bonds. The van der Waals surface area contributed by atoms with Gasteiger partial charge in [0.25, 0.3) is 0 Å². The van der Waals surface area contributed by atoms with Crippen LogP contribution in [0.15, 0.2) is 58.1 Å². The van der Waals surface area contributed by atoms with Gasteiger partial charge in [-0.05, 0) is 36.1 Å². The van der Waals surface area contributed by atoms with E-state index >= 15 is 0 Å². The Balaban J connectivity index is 1.83. The van der Waals surface area contributed by atoms with Gasteiger partial charge in [0.15, 0.2) is 0 Å². The summed E-state index contributed by atoms with van der Waals surface area (Å²) in [6.07, 6.45) is 2.05. The van der Waals surface area contributed by atoms with Crippen LogP contribution < -0.4 is 0 Å². The molecule has 0 saturated heterocycles. The van der Waals surface area contributed by atoms with Crippen molar-refractivity contribution in [1.29, 1.82) is 0 Å². The molecule has 23 heavy (non-hydrogen) atoms. The molecule has 2 aromatic carbocycles. The zero-order valence-corrected chi connectivity index (χ0v) is 14.5. The number of hydrogen-bond acceptors (Lipinski definition) is 2. The molecule has 0 bridgehead atoms. The number of nitrogens with zero attached hydrogens (tertiary/aromatic N) is 2. The van der Waals surface area contributed by atoms with Gasteiger partial charge in [-0.3, -0.25) is 4.79 Å². The van der Waals surface area contributed by atoms with E-state index in [2.05, 4.69) is 46.3 Å². The quantitative estimate of drug-likeness (QED) is 0.737. The second-order valence-corrected chi connectivity index (χ2v) is 7.07. The third-order valence-electron chi connectivity index (χ3n) is 4.75. The number of carbonyl (C=O) groups is 1. The van der Waals surface area contributed by atoms with Crippen molar-refractivity contribution < 1.29 is 4.79 Å². The van der Waals surface area contributed by atoms with Gasteiger partial charge in [0.2, 0.25) is 5.91 Å². The van der Waals surface area contributed by atoms with E-state index in [1.54, 1.807) is 11.9 Å². The van der Waals surface area contributed by atoms with Gasteiger partial charge in [0, 0.05) is 22.9 Å². The topological polar surface area (TPSA) is 32.7 Å². The predicted octanol–water partition coefficient (Wildman–Crippen LogP) is 4.32. The minimum atomic E-state index is -0.00250. The first-order valence-corrected chi connectivity index (χ1v) is 8.66. The maximum absolute atomic E-state index is 12.2. The van der Waals surface area contributed by atoms with Crippen LogP contribution in [-0.4, -0.2) is 16.6 Å². The van der Waals surface area contributed by atoms with E-state index in [1.807, 2.05) is 18.2 Å². The third-order valence-corrected chi connectivity index (χ3v) is 5.24. The summed E-state index contributed by atoms with van der Waals surface area (Å²) >= 11 is 3.56. The summed E-state index contributed by atoms with van der Waals surface area (Å²) in [5.74, 6) is 0.264. The summed E-state index contributed by atoms with van der Waals surface area (Å²) in [5.41, 5.74) is 4.71. The van der Waals surface area contributed by atoms with Crippen LogP contribution in [0.1, 0.15) is 36.1 Å². The molecule has 2 atom stereocenters. The van der Waals surface area contributed by atoms with E-state index in [0.29, 0.717) is 0 Å². The number of benzene rings is 2. The Bertz CT molecular complexity index is 800. The molecular formula is C19H17BrN2O. The van der Waals surface area contributed by atoms with E-state index in [0.717, 1.165) is 28.6 Å². The molecule has 0 unspecified atom stereocenters. The van der Waals surface area contributed by atoms with Crippen LogP contribution in [-0.2, 0) is 11.2 Å². The summed E-state index contributed by atoms with van der Waals surface area (Å²) in [5, 5.41) is 6.40. The molecule has 0 fully saturated rings. The van der Waals surface area contributed by atoms with E-state index < -0.39 is 0 Å². The Morgan fingerprint density at radius 2 is 2.00 bits per heavy atom. The largest absolute Gasteiger partial charge is 0.273 e. The maximum Gasteiger partial charge on any atom is 0.240 e. The summed E-state index contributed by atoms with van der Waals surface area (Å²) in [6, 6.07) is 16.6. The van der Waals surface area contributed by atoms with Gasteiger partial charge in [-0.1, -0.05) is 52.3 Å². The van der Waals surface area contributed by atoms with E-state index in [1.165, 1.54) is 11.1 Å². The van der Waals surface area contributed by atoms with Crippen LogP contribution in [0.3, 0.4) is 0 Å². The fourth-order valence-corrected chi connectivity index (χ4v) is 4.09. The van der Waals surface area contributed by atoms with Gasteiger partial charge < -0.3 is 0 Å². The van der Waals surface area contributed by atoms with Crippen LogP contribution in [0.2, 0.25) is 0 Å². The highest BCUT2D eigenvalue weighted by Crippen LogP contribution is 2.43. The molecule has 1 aliphatic carbocycles. The summed E-state index contributed by atoms with van der Waals surface area (Å²) in [6.45, 7) is 1.60. The Morgan fingerprint density at radius 1 is 1.22 bits per heavy atom. The Kier molecular flexibility index (Phi) is 3.57. The molecule has 0 radical (unpaired) electrons. The smallest absolute Gasteiger partial charge is 0.240 e. The number of fused-ring (bicyclic) bond motifs is 3. The summed E-state index contributed by atoms with van der Waals surface area (Å²) < 4.78 is 1.05. The van der Waals surface area contributed by atoms with Crippen LogP contribution in [0, 0.1) is 5.92 Å². The highest BCUT2D eigenvalue weighted by molar-refractivity contribution is 9.10. The fourth-order valence-electron chi connectivity index (χ4n) is 3.73. The minimum Gasteiger partial charge on any atom is -0.273 e. The Morgan fingerprint density at radius 3 is 2.74 bits per heavy atom. The Hall–Kier alpha value is -1.94. The molecule has 2 aromatic rings. The first-order valence-electron chi connectivity index (χ1n) is 7.87. The number of carbonyl (C=O) groups excluding carboxylic acids is 1. The molecule has 2 aliphatic rings. The molecule has 0 N–H and O–H groups in total. The van der Waals surface area contributed by atoms with Gasteiger partial charge in [0.1, 0.15) is 0 Å². The van der Waals surface area contributed by atoms with Crippen molar-refractivity contribution in [3.8, 4) is 0 Å². The number of hydrazone groups is 1. The van der Waals surface area contributed by atoms with Crippen molar-refractivity contribution >= 4 is 27.5 Å². The second kappa shape index (κ2) is 5.60. The van der Waals surface area contributed by atoms with E-state index in [9.17, 15) is 4.79 Å².